The fourth-order valence-corrected chi connectivity index (χ4v) is 3.91. The molecule has 0 saturated carbocycles. The Morgan fingerprint density at radius 1 is 0.842 bits per heavy atom. The third-order valence-electron chi connectivity index (χ3n) is 5.91. The van der Waals surface area contributed by atoms with E-state index in [-0.39, 0.29) is 18.9 Å². The molecule has 2 aromatic carbocycles. The van der Waals surface area contributed by atoms with E-state index in [1.165, 1.54) is 0 Å². The van der Waals surface area contributed by atoms with Crippen LogP contribution in [-0.2, 0) is 32.1 Å². The molecule has 0 spiro atoms. The monoisotopic (exact) mass is 524 g/mol. The Labute approximate surface area is 224 Å². The molecule has 0 heterocycles. The highest BCUT2D eigenvalue weighted by molar-refractivity contribution is 5.92. The Morgan fingerprint density at radius 2 is 1.45 bits per heavy atom. The lowest BCUT2D eigenvalue weighted by Crippen LogP contribution is -2.56. The first-order valence-electron chi connectivity index (χ1n) is 13.1. The topological polar surface area (TPSA) is 140 Å². The molecule has 3 amide bonds. The standard InChI is InChI=1S/C29H40N4O5/c1-21(2)17-25(33-29(37)38-20-23-13-7-4-8-14-23)28(36)32-26(18-22-11-5-3-6-12-22)27(35)31-24(19-34)15-9-10-16-30/h3-8,11-14,19,21,24-26H,9-10,15-18,20,30H2,1-2H3,(H,31,35)(H,32,36)(H,33,37). The van der Waals surface area contributed by atoms with Crippen molar-refractivity contribution in [2.45, 2.75) is 70.7 Å². The van der Waals surface area contributed by atoms with Crippen molar-refractivity contribution in [2.24, 2.45) is 11.7 Å². The van der Waals surface area contributed by atoms with Crippen LogP contribution < -0.4 is 21.7 Å². The van der Waals surface area contributed by atoms with Crippen LogP contribution in [0.3, 0.4) is 0 Å². The van der Waals surface area contributed by atoms with Crippen LogP contribution in [-0.4, -0.2) is 48.9 Å². The maximum atomic E-state index is 13.3. The number of amides is 3. The first-order chi connectivity index (χ1) is 18.3. The van der Waals surface area contributed by atoms with E-state index >= 15 is 0 Å². The minimum atomic E-state index is -0.946. The molecule has 0 fully saturated rings. The molecule has 0 aliphatic carbocycles. The third kappa shape index (κ3) is 11.6. The number of nitrogens with two attached hydrogens (primary N) is 1. The highest BCUT2D eigenvalue weighted by atomic mass is 16.5. The lowest BCUT2D eigenvalue weighted by atomic mass is 10.0. The summed E-state index contributed by atoms with van der Waals surface area (Å²) >= 11 is 0. The summed E-state index contributed by atoms with van der Waals surface area (Å²) in [5, 5.41) is 8.17. The summed E-state index contributed by atoms with van der Waals surface area (Å²) in [6, 6.07) is 16.0. The van der Waals surface area contributed by atoms with Crippen LogP contribution in [0.25, 0.3) is 0 Å². The number of carbonyl (C=O) groups is 4. The van der Waals surface area contributed by atoms with E-state index in [1.54, 1.807) is 0 Å². The number of nitrogens with one attached hydrogen (secondary N) is 3. The van der Waals surface area contributed by atoms with Gasteiger partial charge in [-0.05, 0) is 49.3 Å². The van der Waals surface area contributed by atoms with Crippen LogP contribution in [0.1, 0.15) is 50.7 Å². The molecule has 5 N–H and O–H groups in total. The molecule has 0 radical (unpaired) electrons. The Bertz CT molecular complexity index is 1000. The summed E-state index contributed by atoms with van der Waals surface area (Å²) < 4.78 is 5.30. The molecule has 2 aromatic rings. The lowest BCUT2D eigenvalue weighted by Gasteiger charge is -2.25. The number of aldehydes is 1. The molecule has 3 unspecified atom stereocenters. The number of rotatable bonds is 16. The van der Waals surface area contributed by atoms with Gasteiger partial charge < -0.3 is 31.2 Å². The molecule has 3 atom stereocenters. The van der Waals surface area contributed by atoms with E-state index in [0.29, 0.717) is 32.1 Å². The number of hydrogen-bond donors (Lipinski definition) is 4. The zero-order valence-electron chi connectivity index (χ0n) is 22.2. The van der Waals surface area contributed by atoms with Crippen LogP contribution >= 0.6 is 0 Å². The summed E-state index contributed by atoms with van der Waals surface area (Å²) in [6.45, 7) is 4.44. The predicted molar refractivity (Wildman–Crippen MR) is 146 cm³/mol. The van der Waals surface area contributed by atoms with Crippen LogP contribution in [0.5, 0.6) is 0 Å². The lowest BCUT2D eigenvalue weighted by molar-refractivity contribution is -0.131. The van der Waals surface area contributed by atoms with Gasteiger partial charge in [0.05, 0.1) is 6.04 Å². The van der Waals surface area contributed by atoms with Crippen LogP contribution in [0, 0.1) is 5.92 Å². The summed E-state index contributed by atoms with van der Waals surface area (Å²) in [7, 11) is 0. The van der Waals surface area contributed by atoms with Crippen molar-refractivity contribution in [1.29, 1.82) is 0 Å². The quantitative estimate of drug-likeness (QED) is 0.197. The maximum absolute atomic E-state index is 13.3. The first-order valence-corrected chi connectivity index (χ1v) is 13.1. The van der Waals surface area contributed by atoms with Crippen molar-refractivity contribution in [2.75, 3.05) is 6.54 Å². The highest BCUT2D eigenvalue weighted by Crippen LogP contribution is 2.10. The molecule has 2 rings (SSSR count). The van der Waals surface area contributed by atoms with Gasteiger partial charge in [0.2, 0.25) is 11.8 Å². The Morgan fingerprint density at radius 3 is 2.03 bits per heavy atom. The zero-order chi connectivity index (χ0) is 27.8. The van der Waals surface area contributed by atoms with Gasteiger partial charge in [0, 0.05) is 6.42 Å². The van der Waals surface area contributed by atoms with Gasteiger partial charge in [-0.1, -0.05) is 74.5 Å². The average Bonchev–Trinajstić information content (AvgIpc) is 2.91. The smallest absolute Gasteiger partial charge is 0.408 e. The second-order valence-electron chi connectivity index (χ2n) is 9.67. The van der Waals surface area contributed by atoms with Gasteiger partial charge in [0.25, 0.3) is 0 Å². The summed E-state index contributed by atoms with van der Waals surface area (Å²) in [5.41, 5.74) is 7.19. The third-order valence-corrected chi connectivity index (χ3v) is 5.91. The van der Waals surface area contributed by atoms with E-state index in [0.717, 1.165) is 17.5 Å². The van der Waals surface area contributed by atoms with E-state index < -0.39 is 36.0 Å². The van der Waals surface area contributed by atoms with Crippen molar-refractivity contribution in [3.05, 3.63) is 71.8 Å². The van der Waals surface area contributed by atoms with Crippen LogP contribution in [0.15, 0.2) is 60.7 Å². The Balaban J connectivity index is 2.10. The van der Waals surface area contributed by atoms with Crippen molar-refractivity contribution < 1.29 is 23.9 Å². The van der Waals surface area contributed by atoms with Crippen molar-refractivity contribution >= 4 is 24.2 Å². The van der Waals surface area contributed by atoms with Crippen molar-refractivity contribution in [3.63, 3.8) is 0 Å². The normalized spacial score (nSPS) is 13.2. The fraction of sp³-hybridized carbons (Fsp3) is 0.448. The molecule has 9 heteroatoms. The van der Waals surface area contributed by atoms with E-state index in [1.807, 2.05) is 74.5 Å². The molecular formula is C29H40N4O5. The summed E-state index contributed by atoms with van der Waals surface area (Å²) in [5.74, 6) is -0.886. The number of alkyl carbamates (subject to hydrolysis) is 1. The van der Waals surface area contributed by atoms with E-state index in [2.05, 4.69) is 16.0 Å². The molecule has 38 heavy (non-hydrogen) atoms. The molecule has 0 bridgehead atoms. The molecule has 0 aliphatic heterocycles. The minimum Gasteiger partial charge on any atom is -0.445 e. The number of hydrogen-bond acceptors (Lipinski definition) is 6. The van der Waals surface area contributed by atoms with Gasteiger partial charge in [0.1, 0.15) is 25.0 Å². The second kappa shape index (κ2) is 16.9. The Hall–Kier alpha value is -3.72. The number of ether oxygens (including phenoxy) is 1. The molecule has 9 nitrogen and oxygen atoms in total. The average molecular weight is 525 g/mol. The van der Waals surface area contributed by atoms with Crippen molar-refractivity contribution in [3.8, 4) is 0 Å². The molecule has 0 aliphatic rings. The van der Waals surface area contributed by atoms with Crippen LogP contribution in [0.2, 0.25) is 0 Å². The van der Waals surface area contributed by atoms with Gasteiger partial charge in [-0.25, -0.2) is 4.79 Å². The van der Waals surface area contributed by atoms with E-state index in [9.17, 15) is 19.2 Å². The Kier molecular flexibility index (Phi) is 13.6. The van der Waals surface area contributed by atoms with Crippen molar-refractivity contribution in [1.82, 2.24) is 16.0 Å². The molecular weight excluding hydrogens is 484 g/mol. The first kappa shape index (κ1) is 30.5. The second-order valence-corrected chi connectivity index (χ2v) is 9.67. The SMILES string of the molecule is CC(C)CC(NC(=O)OCc1ccccc1)C(=O)NC(Cc1ccccc1)C(=O)NC(C=O)CCCCN. The predicted octanol–water partition coefficient (Wildman–Crippen LogP) is 2.87. The molecule has 206 valence electrons. The van der Waals surface area contributed by atoms with Gasteiger partial charge in [-0.2, -0.15) is 0 Å². The fourth-order valence-electron chi connectivity index (χ4n) is 3.91. The number of carbonyl (C=O) groups excluding carboxylic acids is 4. The van der Waals surface area contributed by atoms with Gasteiger partial charge in [-0.15, -0.1) is 0 Å². The number of benzene rings is 2. The highest BCUT2D eigenvalue weighted by Gasteiger charge is 2.29. The molecule has 0 aromatic heterocycles. The summed E-state index contributed by atoms with van der Waals surface area (Å²) in [6.07, 6.45) is 2.45. The number of unbranched alkanes of at least 4 members (excludes halogenated alkanes) is 1. The van der Waals surface area contributed by atoms with Gasteiger partial charge in [0.15, 0.2) is 0 Å². The molecule has 0 saturated heterocycles. The largest absolute Gasteiger partial charge is 0.445 e. The van der Waals surface area contributed by atoms with Gasteiger partial charge in [-0.3, -0.25) is 9.59 Å². The zero-order valence-corrected chi connectivity index (χ0v) is 22.2. The summed E-state index contributed by atoms with van der Waals surface area (Å²) in [4.78, 5) is 50.6. The van der Waals surface area contributed by atoms with Gasteiger partial charge >= 0.3 is 6.09 Å². The van der Waals surface area contributed by atoms with Crippen LogP contribution in [0.4, 0.5) is 4.79 Å². The minimum absolute atomic E-state index is 0.0684. The van der Waals surface area contributed by atoms with E-state index in [4.69, 9.17) is 10.5 Å². The maximum Gasteiger partial charge on any atom is 0.408 e.